The number of halogens is 1. The average molecular weight is 246 g/mol. The number of ether oxygens (including phenoxy) is 1. The van der Waals surface area contributed by atoms with Crippen molar-refractivity contribution in [3.05, 3.63) is 22.6 Å². The number of amides is 1. The minimum Gasteiger partial charge on any atom is -0.457 e. The van der Waals surface area contributed by atoms with Gasteiger partial charge in [-0.15, -0.1) is 0 Å². The van der Waals surface area contributed by atoms with Gasteiger partial charge in [-0.25, -0.2) is 4.79 Å². The number of nitrogens with zero attached hydrogens (tertiary/aromatic N) is 1. The number of carbonyl (C=O) groups excluding carboxylic acids is 1. The molecule has 0 aliphatic carbocycles. The fourth-order valence-corrected chi connectivity index (χ4v) is 1.61. The summed E-state index contributed by atoms with van der Waals surface area (Å²) in [5, 5.41) is 0. The van der Waals surface area contributed by atoms with E-state index in [4.69, 9.17) is 9.15 Å². The molecule has 5 heteroatoms. The van der Waals surface area contributed by atoms with Crippen LogP contribution in [0.5, 0.6) is 0 Å². The molecule has 1 saturated heterocycles. The lowest BCUT2D eigenvalue weighted by atomic mass is 10.3. The van der Waals surface area contributed by atoms with Gasteiger partial charge in [0.2, 0.25) is 0 Å². The number of carbonyl (C=O) groups is 1. The molecule has 4 nitrogen and oxygen atoms in total. The van der Waals surface area contributed by atoms with Crippen molar-refractivity contribution in [2.24, 2.45) is 0 Å². The largest absolute Gasteiger partial charge is 0.457 e. The second-order valence-electron chi connectivity index (χ2n) is 2.79. The highest BCUT2D eigenvalue weighted by Crippen LogP contribution is 2.17. The predicted molar refractivity (Wildman–Crippen MR) is 48.2 cm³/mol. The van der Waals surface area contributed by atoms with Gasteiger partial charge in [-0.2, -0.15) is 0 Å². The molecule has 1 aliphatic heterocycles. The summed E-state index contributed by atoms with van der Waals surface area (Å²) in [5.74, 6) is 0. The van der Waals surface area contributed by atoms with Crippen LogP contribution in [0.1, 0.15) is 5.56 Å². The SMILES string of the molecule is O=C1OCCN1Cc1coc(Br)c1. The maximum Gasteiger partial charge on any atom is 0.410 e. The van der Waals surface area contributed by atoms with E-state index in [1.54, 1.807) is 11.2 Å². The van der Waals surface area contributed by atoms with Crippen LogP contribution in [-0.2, 0) is 11.3 Å². The van der Waals surface area contributed by atoms with Gasteiger partial charge in [0.05, 0.1) is 19.4 Å². The van der Waals surface area contributed by atoms with Gasteiger partial charge in [0.15, 0.2) is 4.67 Å². The molecule has 1 aromatic rings. The lowest BCUT2D eigenvalue weighted by Crippen LogP contribution is -2.23. The first kappa shape index (κ1) is 8.62. The number of furan rings is 1. The molecule has 0 spiro atoms. The molecule has 1 amide bonds. The van der Waals surface area contributed by atoms with Crippen LogP contribution in [0.25, 0.3) is 0 Å². The summed E-state index contributed by atoms with van der Waals surface area (Å²) >= 11 is 3.20. The summed E-state index contributed by atoms with van der Waals surface area (Å²) in [4.78, 5) is 12.7. The lowest BCUT2D eigenvalue weighted by Gasteiger charge is -2.09. The maximum absolute atomic E-state index is 11.0. The zero-order chi connectivity index (χ0) is 9.26. The molecule has 0 radical (unpaired) electrons. The maximum atomic E-state index is 11.0. The quantitative estimate of drug-likeness (QED) is 0.801. The van der Waals surface area contributed by atoms with E-state index in [9.17, 15) is 4.79 Å². The van der Waals surface area contributed by atoms with Crippen LogP contribution < -0.4 is 0 Å². The summed E-state index contributed by atoms with van der Waals surface area (Å²) in [7, 11) is 0. The Morgan fingerprint density at radius 2 is 2.46 bits per heavy atom. The van der Waals surface area contributed by atoms with E-state index in [1.807, 2.05) is 6.07 Å². The van der Waals surface area contributed by atoms with Crippen LogP contribution in [0.4, 0.5) is 4.79 Å². The second kappa shape index (κ2) is 3.41. The van der Waals surface area contributed by atoms with Crippen molar-refractivity contribution < 1.29 is 13.9 Å². The van der Waals surface area contributed by atoms with Crippen molar-refractivity contribution in [1.82, 2.24) is 4.90 Å². The summed E-state index contributed by atoms with van der Waals surface area (Å²) in [6.07, 6.45) is 1.37. The normalized spacial score (nSPS) is 16.4. The fourth-order valence-electron chi connectivity index (χ4n) is 1.22. The van der Waals surface area contributed by atoms with E-state index in [-0.39, 0.29) is 6.09 Å². The van der Waals surface area contributed by atoms with Crippen molar-refractivity contribution in [2.45, 2.75) is 6.54 Å². The molecule has 70 valence electrons. The van der Waals surface area contributed by atoms with Crippen molar-refractivity contribution >= 4 is 22.0 Å². The van der Waals surface area contributed by atoms with Gasteiger partial charge in [0, 0.05) is 5.56 Å². The van der Waals surface area contributed by atoms with Crippen LogP contribution in [0.15, 0.2) is 21.4 Å². The summed E-state index contributed by atoms with van der Waals surface area (Å²) in [6.45, 7) is 1.69. The summed E-state index contributed by atoms with van der Waals surface area (Å²) < 4.78 is 10.5. The topological polar surface area (TPSA) is 42.7 Å². The zero-order valence-corrected chi connectivity index (χ0v) is 8.41. The number of cyclic esters (lactones) is 1. The zero-order valence-electron chi connectivity index (χ0n) is 6.83. The van der Waals surface area contributed by atoms with E-state index in [0.29, 0.717) is 24.4 Å². The van der Waals surface area contributed by atoms with E-state index in [0.717, 1.165) is 5.56 Å². The van der Waals surface area contributed by atoms with Gasteiger partial charge < -0.3 is 14.1 Å². The fraction of sp³-hybridized carbons (Fsp3) is 0.375. The Balaban J connectivity index is 2.01. The monoisotopic (exact) mass is 245 g/mol. The van der Waals surface area contributed by atoms with Gasteiger partial charge in [-0.3, -0.25) is 0 Å². The van der Waals surface area contributed by atoms with Gasteiger partial charge in [-0.05, 0) is 22.0 Å². The first-order valence-electron chi connectivity index (χ1n) is 3.90. The number of hydrogen-bond donors (Lipinski definition) is 0. The first-order valence-corrected chi connectivity index (χ1v) is 4.69. The van der Waals surface area contributed by atoms with Crippen LogP contribution in [0.2, 0.25) is 0 Å². The van der Waals surface area contributed by atoms with Gasteiger partial charge in [0.1, 0.15) is 6.61 Å². The minimum atomic E-state index is -0.252. The van der Waals surface area contributed by atoms with Gasteiger partial charge in [0.25, 0.3) is 0 Å². The van der Waals surface area contributed by atoms with Crippen molar-refractivity contribution in [3.63, 3.8) is 0 Å². The Labute approximate surface area is 83.6 Å². The third-order valence-corrected chi connectivity index (χ3v) is 2.26. The Morgan fingerprint density at radius 1 is 1.62 bits per heavy atom. The highest BCUT2D eigenvalue weighted by Gasteiger charge is 2.22. The average Bonchev–Trinajstić information content (AvgIpc) is 2.64. The highest BCUT2D eigenvalue weighted by atomic mass is 79.9. The first-order chi connectivity index (χ1) is 6.25. The molecule has 13 heavy (non-hydrogen) atoms. The molecule has 1 aliphatic rings. The molecule has 2 heterocycles. The summed E-state index contributed by atoms with van der Waals surface area (Å²) in [6, 6.07) is 1.84. The molecule has 0 bridgehead atoms. The molecule has 1 fully saturated rings. The van der Waals surface area contributed by atoms with Crippen molar-refractivity contribution in [1.29, 1.82) is 0 Å². The molecule has 1 aromatic heterocycles. The molecule has 0 unspecified atom stereocenters. The van der Waals surface area contributed by atoms with E-state index >= 15 is 0 Å². The Bertz CT molecular complexity index is 323. The smallest absolute Gasteiger partial charge is 0.410 e. The molecule has 0 aromatic carbocycles. The standard InChI is InChI=1S/C8H8BrNO3/c9-7-3-6(5-13-7)4-10-1-2-12-8(10)11/h3,5H,1-2,4H2. The van der Waals surface area contributed by atoms with E-state index in [1.165, 1.54) is 0 Å². The lowest BCUT2D eigenvalue weighted by molar-refractivity contribution is 0.157. The molecule has 0 saturated carbocycles. The minimum absolute atomic E-state index is 0.252. The number of hydrogen-bond acceptors (Lipinski definition) is 3. The molecule has 2 rings (SSSR count). The van der Waals surface area contributed by atoms with Crippen LogP contribution in [0.3, 0.4) is 0 Å². The highest BCUT2D eigenvalue weighted by molar-refractivity contribution is 9.10. The Kier molecular flexibility index (Phi) is 2.26. The van der Waals surface area contributed by atoms with E-state index in [2.05, 4.69) is 15.9 Å². The van der Waals surface area contributed by atoms with Crippen LogP contribution in [-0.4, -0.2) is 24.1 Å². The second-order valence-corrected chi connectivity index (χ2v) is 3.58. The molecule has 0 N–H and O–H groups in total. The predicted octanol–water partition coefficient (Wildman–Crippen LogP) is 1.99. The Morgan fingerprint density at radius 3 is 3.00 bits per heavy atom. The Hall–Kier alpha value is -0.970. The van der Waals surface area contributed by atoms with Crippen molar-refractivity contribution in [3.8, 4) is 0 Å². The molecular formula is C8H8BrNO3. The summed E-state index contributed by atoms with van der Waals surface area (Å²) in [5.41, 5.74) is 0.964. The van der Waals surface area contributed by atoms with Crippen LogP contribution in [0, 0.1) is 0 Å². The molecule has 0 atom stereocenters. The van der Waals surface area contributed by atoms with Gasteiger partial charge in [-0.1, -0.05) is 0 Å². The van der Waals surface area contributed by atoms with Gasteiger partial charge >= 0.3 is 6.09 Å². The third-order valence-electron chi connectivity index (χ3n) is 1.84. The van der Waals surface area contributed by atoms with Crippen molar-refractivity contribution in [2.75, 3.05) is 13.2 Å². The van der Waals surface area contributed by atoms with Crippen LogP contribution >= 0.6 is 15.9 Å². The number of rotatable bonds is 2. The molecular weight excluding hydrogens is 238 g/mol. The third kappa shape index (κ3) is 1.85. The van der Waals surface area contributed by atoms with E-state index < -0.39 is 0 Å².